The molecule has 1 aliphatic carbocycles. The first-order valence-electron chi connectivity index (χ1n) is 4.34. The summed E-state index contributed by atoms with van der Waals surface area (Å²) >= 11 is 0. The standard InChI is InChI=1S/C10H8F6/c1-4-7(11)3-6(10(14,15)16)9(13)5(2)8(4)12/h3H2,1-2H3. The zero-order valence-electron chi connectivity index (χ0n) is 8.47. The maximum absolute atomic E-state index is 13.3. The van der Waals surface area contributed by atoms with Gasteiger partial charge in [0.15, 0.2) is 0 Å². The number of halogens is 6. The number of allylic oxidation sites excluding steroid dienone is 6. The van der Waals surface area contributed by atoms with Gasteiger partial charge in [0, 0.05) is 17.6 Å². The van der Waals surface area contributed by atoms with E-state index < -0.39 is 46.8 Å². The molecule has 0 unspecified atom stereocenters. The third-order valence-corrected chi connectivity index (χ3v) is 2.33. The van der Waals surface area contributed by atoms with E-state index >= 15 is 0 Å². The molecule has 0 aliphatic heterocycles. The second kappa shape index (κ2) is 3.99. The van der Waals surface area contributed by atoms with Crippen LogP contribution in [0.5, 0.6) is 0 Å². The molecule has 0 heterocycles. The van der Waals surface area contributed by atoms with E-state index in [0.29, 0.717) is 0 Å². The summed E-state index contributed by atoms with van der Waals surface area (Å²) in [6.45, 7) is 1.82. The summed E-state index contributed by atoms with van der Waals surface area (Å²) < 4.78 is 76.6. The van der Waals surface area contributed by atoms with Crippen molar-refractivity contribution in [1.29, 1.82) is 0 Å². The molecule has 0 bridgehead atoms. The Morgan fingerprint density at radius 3 is 1.81 bits per heavy atom. The highest BCUT2D eigenvalue weighted by molar-refractivity contribution is 5.45. The lowest BCUT2D eigenvalue weighted by Gasteiger charge is -2.11. The van der Waals surface area contributed by atoms with Gasteiger partial charge < -0.3 is 0 Å². The maximum Gasteiger partial charge on any atom is 0.415 e. The zero-order chi connectivity index (χ0) is 12.7. The second-order valence-corrected chi connectivity index (χ2v) is 3.44. The first kappa shape index (κ1) is 12.9. The highest BCUT2D eigenvalue weighted by atomic mass is 19.4. The van der Waals surface area contributed by atoms with Crippen molar-refractivity contribution in [3.05, 3.63) is 34.2 Å². The van der Waals surface area contributed by atoms with Crippen LogP contribution in [0.1, 0.15) is 20.3 Å². The van der Waals surface area contributed by atoms with Crippen molar-refractivity contribution < 1.29 is 26.3 Å². The van der Waals surface area contributed by atoms with Crippen LogP contribution in [0, 0.1) is 0 Å². The Morgan fingerprint density at radius 2 is 1.38 bits per heavy atom. The van der Waals surface area contributed by atoms with Crippen LogP contribution in [0.4, 0.5) is 26.3 Å². The van der Waals surface area contributed by atoms with Crippen LogP contribution in [0.25, 0.3) is 0 Å². The average Bonchev–Trinajstić information content (AvgIpc) is 2.24. The summed E-state index contributed by atoms with van der Waals surface area (Å²) in [5, 5.41) is 0. The third kappa shape index (κ3) is 2.15. The van der Waals surface area contributed by atoms with Crippen LogP contribution in [-0.2, 0) is 0 Å². The summed E-state index contributed by atoms with van der Waals surface area (Å²) in [5.74, 6) is -4.33. The normalized spacial score (nSPS) is 19.5. The fourth-order valence-corrected chi connectivity index (χ4v) is 1.31. The Balaban J connectivity index is 3.45. The van der Waals surface area contributed by atoms with Gasteiger partial charge in [-0.2, -0.15) is 13.2 Å². The van der Waals surface area contributed by atoms with Crippen molar-refractivity contribution in [2.24, 2.45) is 0 Å². The van der Waals surface area contributed by atoms with E-state index in [0.717, 1.165) is 13.8 Å². The van der Waals surface area contributed by atoms with Gasteiger partial charge in [0.2, 0.25) is 0 Å². The minimum absolute atomic E-state index is 0.591. The van der Waals surface area contributed by atoms with Gasteiger partial charge in [0.1, 0.15) is 17.5 Å². The molecule has 0 aromatic heterocycles. The van der Waals surface area contributed by atoms with Gasteiger partial charge in [-0.25, -0.2) is 13.2 Å². The van der Waals surface area contributed by atoms with E-state index in [1.54, 1.807) is 0 Å². The van der Waals surface area contributed by atoms with Crippen LogP contribution < -0.4 is 0 Å². The van der Waals surface area contributed by atoms with E-state index in [1.807, 2.05) is 0 Å². The molecule has 1 rings (SSSR count). The SMILES string of the molecule is CC1=C(F)CC(C(F)(F)F)=C(F)C(C)=C1F. The van der Waals surface area contributed by atoms with Crippen LogP contribution in [0.3, 0.4) is 0 Å². The first-order chi connectivity index (χ1) is 7.16. The predicted molar refractivity (Wildman–Crippen MR) is 46.4 cm³/mol. The van der Waals surface area contributed by atoms with Gasteiger partial charge >= 0.3 is 6.18 Å². The maximum atomic E-state index is 13.3. The Morgan fingerprint density at radius 1 is 0.875 bits per heavy atom. The Bertz CT molecular complexity index is 408. The zero-order valence-corrected chi connectivity index (χ0v) is 8.47. The molecule has 0 fully saturated rings. The van der Waals surface area contributed by atoms with Crippen LogP contribution in [0.2, 0.25) is 0 Å². The Kier molecular flexibility index (Phi) is 3.21. The molecule has 0 nitrogen and oxygen atoms in total. The van der Waals surface area contributed by atoms with E-state index in [2.05, 4.69) is 0 Å². The summed E-state index contributed by atoms with van der Waals surface area (Å²) in [6.07, 6.45) is -6.28. The topological polar surface area (TPSA) is 0 Å². The smallest absolute Gasteiger partial charge is 0.211 e. The molecule has 0 saturated carbocycles. The van der Waals surface area contributed by atoms with Crippen molar-refractivity contribution >= 4 is 0 Å². The quantitative estimate of drug-likeness (QED) is 0.542. The second-order valence-electron chi connectivity index (χ2n) is 3.44. The lowest BCUT2D eigenvalue weighted by atomic mass is 10.1. The number of hydrogen-bond acceptors (Lipinski definition) is 0. The molecule has 0 saturated heterocycles. The van der Waals surface area contributed by atoms with Gasteiger partial charge in [0.05, 0.1) is 5.57 Å². The predicted octanol–water partition coefficient (Wildman–Crippen LogP) is 4.66. The fourth-order valence-electron chi connectivity index (χ4n) is 1.31. The summed E-state index contributed by atoms with van der Waals surface area (Å²) in [7, 11) is 0. The molecular formula is C10H8F6. The van der Waals surface area contributed by atoms with Crippen LogP contribution in [0.15, 0.2) is 34.2 Å². The third-order valence-electron chi connectivity index (χ3n) is 2.33. The molecule has 0 amide bonds. The molecular weight excluding hydrogens is 234 g/mol. The highest BCUT2D eigenvalue weighted by Crippen LogP contribution is 2.41. The van der Waals surface area contributed by atoms with Gasteiger partial charge in [-0.3, -0.25) is 0 Å². The minimum atomic E-state index is -5.01. The van der Waals surface area contributed by atoms with Gasteiger partial charge in [-0.1, -0.05) is 0 Å². The van der Waals surface area contributed by atoms with Crippen molar-refractivity contribution in [1.82, 2.24) is 0 Å². The van der Waals surface area contributed by atoms with Crippen molar-refractivity contribution in [3.63, 3.8) is 0 Å². The molecule has 0 spiro atoms. The van der Waals surface area contributed by atoms with Crippen molar-refractivity contribution in [2.45, 2.75) is 26.4 Å². The summed E-state index contributed by atoms with van der Waals surface area (Å²) in [6, 6.07) is 0. The molecule has 0 radical (unpaired) electrons. The Hall–Kier alpha value is -1.20. The molecule has 0 N–H and O–H groups in total. The molecule has 0 atom stereocenters. The lowest BCUT2D eigenvalue weighted by Crippen LogP contribution is -2.13. The van der Waals surface area contributed by atoms with Crippen molar-refractivity contribution in [3.8, 4) is 0 Å². The highest BCUT2D eigenvalue weighted by Gasteiger charge is 2.39. The van der Waals surface area contributed by atoms with E-state index in [-0.39, 0.29) is 0 Å². The number of rotatable bonds is 0. The van der Waals surface area contributed by atoms with E-state index in [9.17, 15) is 26.3 Å². The molecule has 90 valence electrons. The van der Waals surface area contributed by atoms with Crippen molar-refractivity contribution in [2.75, 3.05) is 0 Å². The number of hydrogen-bond donors (Lipinski definition) is 0. The minimum Gasteiger partial charge on any atom is -0.211 e. The summed E-state index contributed by atoms with van der Waals surface area (Å²) in [4.78, 5) is 0. The average molecular weight is 242 g/mol. The van der Waals surface area contributed by atoms with E-state index in [4.69, 9.17) is 0 Å². The lowest BCUT2D eigenvalue weighted by molar-refractivity contribution is -0.0953. The van der Waals surface area contributed by atoms with Gasteiger partial charge in [-0.15, -0.1) is 0 Å². The monoisotopic (exact) mass is 242 g/mol. The molecule has 6 heteroatoms. The summed E-state index contributed by atoms with van der Waals surface area (Å²) in [5.41, 5.74) is -3.10. The first-order valence-corrected chi connectivity index (χ1v) is 4.34. The van der Waals surface area contributed by atoms with Crippen LogP contribution in [-0.4, -0.2) is 6.18 Å². The van der Waals surface area contributed by atoms with E-state index in [1.165, 1.54) is 0 Å². The van der Waals surface area contributed by atoms with Crippen LogP contribution >= 0.6 is 0 Å². The van der Waals surface area contributed by atoms with Gasteiger partial charge in [-0.05, 0) is 13.8 Å². The van der Waals surface area contributed by atoms with Gasteiger partial charge in [0.25, 0.3) is 0 Å². The molecule has 0 aromatic rings. The Labute approximate surface area is 87.9 Å². The largest absolute Gasteiger partial charge is 0.415 e. The number of alkyl halides is 3. The fraction of sp³-hybridized carbons (Fsp3) is 0.400. The molecule has 16 heavy (non-hydrogen) atoms. The molecule has 0 aromatic carbocycles. The molecule has 1 aliphatic rings.